The topological polar surface area (TPSA) is 79.7 Å². The first-order chi connectivity index (χ1) is 12.0. The lowest BCUT2D eigenvalue weighted by molar-refractivity contribution is -0.0230. The van der Waals surface area contributed by atoms with E-state index in [1.54, 1.807) is 24.0 Å². The van der Waals surface area contributed by atoms with Gasteiger partial charge in [0.05, 0.1) is 24.4 Å². The van der Waals surface area contributed by atoms with Gasteiger partial charge in [0, 0.05) is 6.54 Å². The molecule has 1 aliphatic rings. The Morgan fingerprint density at radius 2 is 1.96 bits per heavy atom. The number of pyridine rings is 1. The van der Waals surface area contributed by atoms with E-state index in [1.165, 1.54) is 24.3 Å². The molecule has 1 amide bonds. The summed E-state index contributed by atoms with van der Waals surface area (Å²) in [5.41, 5.74) is 1.36. The van der Waals surface area contributed by atoms with E-state index < -0.39 is 5.97 Å². The molecule has 2 aromatic rings. The van der Waals surface area contributed by atoms with Crippen molar-refractivity contribution in [3.63, 3.8) is 0 Å². The zero-order valence-electron chi connectivity index (χ0n) is 13.6. The summed E-state index contributed by atoms with van der Waals surface area (Å²) < 4.78 is 18.7. The van der Waals surface area contributed by atoms with E-state index in [-0.39, 0.29) is 29.1 Å². The van der Waals surface area contributed by atoms with Gasteiger partial charge in [0.25, 0.3) is 5.91 Å². The standard InChI is InChI=1S/C18H17FN2O4/c1-11-14(18(23)24)6-7-15(20-11)17(22)21-8-9-25-16(10-21)12-2-4-13(19)5-3-12/h2-7,16H,8-10H2,1H3,(H,23,24). The number of carbonyl (C=O) groups excluding carboxylic acids is 1. The van der Waals surface area contributed by atoms with Gasteiger partial charge in [-0.3, -0.25) is 4.79 Å². The van der Waals surface area contributed by atoms with Crippen LogP contribution < -0.4 is 0 Å². The second-order valence-electron chi connectivity index (χ2n) is 5.80. The summed E-state index contributed by atoms with van der Waals surface area (Å²) in [6, 6.07) is 8.79. The number of benzene rings is 1. The van der Waals surface area contributed by atoms with E-state index in [4.69, 9.17) is 9.84 Å². The van der Waals surface area contributed by atoms with E-state index >= 15 is 0 Å². The summed E-state index contributed by atoms with van der Waals surface area (Å²) in [6.07, 6.45) is -0.335. The van der Waals surface area contributed by atoms with E-state index in [1.807, 2.05) is 0 Å². The van der Waals surface area contributed by atoms with Gasteiger partial charge in [-0.15, -0.1) is 0 Å². The largest absolute Gasteiger partial charge is 0.478 e. The summed E-state index contributed by atoms with van der Waals surface area (Å²) in [6.45, 7) is 2.66. The maximum absolute atomic E-state index is 13.1. The number of hydrogen-bond donors (Lipinski definition) is 1. The van der Waals surface area contributed by atoms with Crippen molar-refractivity contribution in [3.8, 4) is 0 Å². The molecule has 0 bridgehead atoms. The number of morpholine rings is 1. The number of carboxylic acid groups (broad SMARTS) is 1. The van der Waals surface area contributed by atoms with E-state index in [0.717, 1.165) is 5.56 Å². The van der Waals surface area contributed by atoms with Crippen LogP contribution in [0.15, 0.2) is 36.4 Å². The molecule has 0 saturated carbocycles. The molecule has 130 valence electrons. The van der Waals surface area contributed by atoms with Crippen molar-refractivity contribution in [1.29, 1.82) is 0 Å². The molecule has 0 aliphatic carbocycles. The predicted octanol–water partition coefficient (Wildman–Crippen LogP) is 2.44. The van der Waals surface area contributed by atoms with Crippen molar-refractivity contribution in [2.24, 2.45) is 0 Å². The first kappa shape index (κ1) is 17.0. The smallest absolute Gasteiger partial charge is 0.337 e. The lowest BCUT2D eigenvalue weighted by atomic mass is 10.1. The molecule has 7 heteroatoms. The molecule has 1 saturated heterocycles. The van der Waals surface area contributed by atoms with Crippen molar-refractivity contribution in [2.45, 2.75) is 13.0 Å². The van der Waals surface area contributed by atoms with Crippen LogP contribution in [0, 0.1) is 12.7 Å². The van der Waals surface area contributed by atoms with Gasteiger partial charge in [-0.1, -0.05) is 12.1 Å². The molecule has 1 unspecified atom stereocenters. The second-order valence-corrected chi connectivity index (χ2v) is 5.80. The molecule has 1 aromatic heterocycles. The minimum Gasteiger partial charge on any atom is -0.478 e. The Balaban J connectivity index is 1.77. The zero-order chi connectivity index (χ0) is 18.0. The van der Waals surface area contributed by atoms with Crippen LogP contribution in [-0.4, -0.2) is 46.6 Å². The molecule has 2 heterocycles. The number of hydrogen-bond acceptors (Lipinski definition) is 4. The van der Waals surface area contributed by atoms with Crippen LogP contribution >= 0.6 is 0 Å². The number of ether oxygens (including phenoxy) is 1. The van der Waals surface area contributed by atoms with Crippen LogP contribution in [0.2, 0.25) is 0 Å². The number of carbonyl (C=O) groups is 2. The van der Waals surface area contributed by atoms with Crippen LogP contribution in [0.1, 0.15) is 38.2 Å². The highest BCUT2D eigenvalue weighted by Crippen LogP contribution is 2.23. The fourth-order valence-electron chi connectivity index (χ4n) is 2.78. The highest BCUT2D eigenvalue weighted by Gasteiger charge is 2.27. The maximum atomic E-state index is 13.1. The number of carboxylic acids is 1. The predicted molar refractivity (Wildman–Crippen MR) is 86.9 cm³/mol. The third-order valence-electron chi connectivity index (χ3n) is 4.13. The average Bonchev–Trinajstić information content (AvgIpc) is 2.61. The normalized spacial score (nSPS) is 17.4. The van der Waals surface area contributed by atoms with Crippen LogP contribution in [0.3, 0.4) is 0 Å². The SMILES string of the molecule is Cc1nc(C(=O)N2CCOC(c3ccc(F)cc3)C2)ccc1C(=O)O. The number of rotatable bonds is 3. The van der Waals surface area contributed by atoms with Gasteiger partial charge in [0.15, 0.2) is 0 Å². The minimum absolute atomic E-state index is 0.0720. The van der Waals surface area contributed by atoms with Gasteiger partial charge >= 0.3 is 5.97 Å². The first-order valence-electron chi connectivity index (χ1n) is 7.83. The number of aromatic carboxylic acids is 1. The fraction of sp³-hybridized carbons (Fsp3) is 0.278. The average molecular weight is 344 g/mol. The Labute approximate surface area is 143 Å². The summed E-state index contributed by atoms with van der Waals surface area (Å²) >= 11 is 0. The Morgan fingerprint density at radius 3 is 2.60 bits per heavy atom. The molecular weight excluding hydrogens is 327 g/mol. The lowest BCUT2D eigenvalue weighted by Gasteiger charge is -2.33. The number of amides is 1. The Morgan fingerprint density at radius 1 is 1.24 bits per heavy atom. The molecule has 1 fully saturated rings. The van der Waals surface area contributed by atoms with Crippen molar-refractivity contribution in [1.82, 2.24) is 9.88 Å². The molecular formula is C18H17FN2O4. The number of halogens is 1. The fourth-order valence-corrected chi connectivity index (χ4v) is 2.78. The molecule has 1 aromatic carbocycles. The third kappa shape index (κ3) is 3.66. The van der Waals surface area contributed by atoms with Gasteiger partial charge in [0.2, 0.25) is 0 Å². The van der Waals surface area contributed by atoms with Gasteiger partial charge in [-0.05, 0) is 36.8 Å². The number of aromatic nitrogens is 1. The summed E-state index contributed by atoms with van der Waals surface area (Å²) in [5.74, 6) is -1.69. The minimum atomic E-state index is -1.08. The maximum Gasteiger partial charge on any atom is 0.337 e. The van der Waals surface area contributed by atoms with Gasteiger partial charge < -0.3 is 14.7 Å². The molecule has 3 rings (SSSR count). The Kier molecular flexibility index (Phi) is 4.76. The molecule has 0 spiro atoms. The van der Waals surface area contributed by atoms with Gasteiger partial charge in [-0.2, -0.15) is 0 Å². The van der Waals surface area contributed by atoms with Crippen LogP contribution in [0.5, 0.6) is 0 Å². The van der Waals surface area contributed by atoms with E-state index in [0.29, 0.717) is 25.4 Å². The molecule has 6 nitrogen and oxygen atoms in total. The monoisotopic (exact) mass is 344 g/mol. The molecule has 25 heavy (non-hydrogen) atoms. The van der Waals surface area contributed by atoms with Gasteiger partial charge in [0.1, 0.15) is 17.6 Å². The summed E-state index contributed by atoms with van der Waals surface area (Å²) in [4.78, 5) is 29.4. The van der Waals surface area contributed by atoms with Crippen LogP contribution in [-0.2, 0) is 4.74 Å². The van der Waals surface area contributed by atoms with Crippen molar-refractivity contribution in [2.75, 3.05) is 19.7 Å². The number of nitrogens with zero attached hydrogens (tertiary/aromatic N) is 2. The lowest BCUT2D eigenvalue weighted by Crippen LogP contribution is -2.42. The zero-order valence-corrected chi connectivity index (χ0v) is 13.6. The van der Waals surface area contributed by atoms with E-state index in [2.05, 4.69) is 4.98 Å². The molecule has 1 atom stereocenters. The molecule has 0 radical (unpaired) electrons. The highest BCUT2D eigenvalue weighted by molar-refractivity contribution is 5.94. The quantitative estimate of drug-likeness (QED) is 0.925. The van der Waals surface area contributed by atoms with Crippen molar-refractivity contribution < 1.29 is 23.8 Å². The Hall–Kier alpha value is -2.80. The molecule has 1 aliphatic heterocycles. The van der Waals surface area contributed by atoms with Crippen molar-refractivity contribution in [3.05, 3.63) is 64.7 Å². The van der Waals surface area contributed by atoms with Gasteiger partial charge in [-0.25, -0.2) is 14.2 Å². The van der Waals surface area contributed by atoms with E-state index in [9.17, 15) is 14.0 Å². The van der Waals surface area contributed by atoms with Crippen LogP contribution in [0.25, 0.3) is 0 Å². The summed E-state index contributed by atoms with van der Waals surface area (Å²) in [5, 5.41) is 9.05. The first-order valence-corrected chi connectivity index (χ1v) is 7.83. The highest BCUT2D eigenvalue weighted by atomic mass is 19.1. The third-order valence-corrected chi connectivity index (χ3v) is 4.13. The number of aryl methyl sites for hydroxylation is 1. The molecule has 1 N–H and O–H groups in total. The summed E-state index contributed by atoms with van der Waals surface area (Å²) in [7, 11) is 0. The second kappa shape index (κ2) is 6.98. The Bertz CT molecular complexity index is 807. The van der Waals surface area contributed by atoms with Crippen molar-refractivity contribution >= 4 is 11.9 Å². The van der Waals surface area contributed by atoms with Crippen LogP contribution in [0.4, 0.5) is 4.39 Å².